The van der Waals surface area contributed by atoms with Gasteiger partial charge in [0.15, 0.2) is 0 Å². The highest BCUT2D eigenvalue weighted by atomic mass is 35.5. The summed E-state index contributed by atoms with van der Waals surface area (Å²) >= 11 is 6.02. The molecule has 24 heavy (non-hydrogen) atoms. The quantitative estimate of drug-likeness (QED) is 0.628. The summed E-state index contributed by atoms with van der Waals surface area (Å²) in [4.78, 5) is 12.0. The topological polar surface area (TPSA) is 38.3 Å². The number of rotatable bonds is 6. The molecule has 0 atom stereocenters. The number of nitrogens with one attached hydrogen (secondary N) is 1. The SMILES string of the molecule is CCCCOc1ccc(C(=O)NCC#Cc2ccccc2Cl)cc1. The molecule has 0 aliphatic heterocycles. The number of halogens is 1. The van der Waals surface area contributed by atoms with Crippen LogP contribution in [-0.2, 0) is 0 Å². The van der Waals surface area contributed by atoms with Crippen LogP contribution in [0.2, 0.25) is 5.02 Å². The van der Waals surface area contributed by atoms with E-state index in [2.05, 4.69) is 24.1 Å². The second kappa shape index (κ2) is 9.64. The molecule has 0 aliphatic rings. The molecule has 0 radical (unpaired) electrons. The van der Waals surface area contributed by atoms with Crippen LogP contribution in [0.15, 0.2) is 48.5 Å². The summed E-state index contributed by atoms with van der Waals surface area (Å²) in [5, 5.41) is 3.37. The minimum Gasteiger partial charge on any atom is -0.494 e. The summed E-state index contributed by atoms with van der Waals surface area (Å²) in [7, 11) is 0. The summed E-state index contributed by atoms with van der Waals surface area (Å²) in [5.41, 5.74) is 1.33. The van der Waals surface area contributed by atoms with Gasteiger partial charge in [0.1, 0.15) is 5.75 Å². The fraction of sp³-hybridized carbons (Fsp3) is 0.250. The Hall–Kier alpha value is -2.44. The third-order valence-electron chi connectivity index (χ3n) is 3.32. The number of amides is 1. The van der Waals surface area contributed by atoms with Gasteiger partial charge in [-0.15, -0.1) is 0 Å². The molecule has 0 aliphatic carbocycles. The zero-order chi connectivity index (χ0) is 17.2. The molecule has 3 nitrogen and oxygen atoms in total. The average Bonchev–Trinajstić information content (AvgIpc) is 2.61. The molecule has 2 rings (SSSR count). The predicted octanol–water partition coefficient (Wildman–Crippen LogP) is 4.30. The lowest BCUT2D eigenvalue weighted by Crippen LogP contribution is -2.23. The van der Waals surface area contributed by atoms with E-state index in [4.69, 9.17) is 16.3 Å². The molecule has 1 N–H and O–H groups in total. The van der Waals surface area contributed by atoms with Gasteiger partial charge in [-0.3, -0.25) is 4.79 Å². The zero-order valence-corrected chi connectivity index (χ0v) is 14.4. The Bertz CT molecular complexity index is 729. The Morgan fingerprint density at radius 2 is 1.92 bits per heavy atom. The van der Waals surface area contributed by atoms with E-state index < -0.39 is 0 Å². The maximum Gasteiger partial charge on any atom is 0.252 e. The molecule has 0 unspecified atom stereocenters. The second-order valence-corrected chi connectivity index (χ2v) is 5.60. The molecule has 4 heteroatoms. The van der Waals surface area contributed by atoms with Gasteiger partial charge in [-0.2, -0.15) is 0 Å². The summed E-state index contributed by atoms with van der Waals surface area (Å²) < 4.78 is 5.57. The zero-order valence-electron chi connectivity index (χ0n) is 13.6. The fourth-order valence-electron chi connectivity index (χ4n) is 1.97. The molecular formula is C20H20ClNO2. The van der Waals surface area contributed by atoms with Crippen molar-refractivity contribution in [2.45, 2.75) is 19.8 Å². The third kappa shape index (κ3) is 5.64. The molecule has 0 bridgehead atoms. The minimum absolute atomic E-state index is 0.163. The number of carbonyl (C=O) groups excluding carboxylic acids is 1. The van der Waals surface area contributed by atoms with Crippen LogP contribution in [0.25, 0.3) is 0 Å². The van der Waals surface area contributed by atoms with Crippen molar-refractivity contribution in [3.63, 3.8) is 0 Å². The van der Waals surface area contributed by atoms with Gasteiger partial charge < -0.3 is 10.1 Å². The summed E-state index contributed by atoms with van der Waals surface area (Å²) in [6, 6.07) is 14.5. The lowest BCUT2D eigenvalue weighted by molar-refractivity contribution is 0.0958. The third-order valence-corrected chi connectivity index (χ3v) is 3.65. The van der Waals surface area contributed by atoms with Crippen molar-refractivity contribution in [2.24, 2.45) is 0 Å². The molecule has 0 saturated heterocycles. The van der Waals surface area contributed by atoms with Crippen LogP contribution >= 0.6 is 11.6 Å². The van der Waals surface area contributed by atoms with E-state index in [0.29, 0.717) is 17.2 Å². The van der Waals surface area contributed by atoms with Gasteiger partial charge in [0.2, 0.25) is 0 Å². The summed E-state index contributed by atoms with van der Waals surface area (Å²) in [6.07, 6.45) is 2.11. The monoisotopic (exact) mass is 341 g/mol. The van der Waals surface area contributed by atoms with E-state index >= 15 is 0 Å². The van der Waals surface area contributed by atoms with Crippen LogP contribution in [0.3, 0.4) is 0 Å². The molecule has 0 spiro atoms. The van der Waals surface area contributed by atoms with Crippen molar-refractivity contribution in [3.8, 4) is 17.6 Å². The van der Waals surface area contributed by atoms with E-state index in [0.717, 1.165) is 24.2 Å². The van der Waals surface area contributed by atoms with Crippen molar-refractivity contribution in [2.75, 3.05) is 13.2 Å². The van der Waals surface area contributed by atoms with Gasteiger partial charge in [0.25, 0.3) is 5.91 Å². The first-order valence-electron chi connectivity index (χ1n) is 7.95. The molecule has 124 valence electrons. The van der Waals surface area contributed by atoms with Crippen molar-refractivity contribution < 1.29 is 9.53 Å². The molecule has 1 amide bonds. The van der Waals surface area contributed by atoms with E-state index in [1.165, 1.54) is 0 Å². The lowest BCUT2D eigenvalue weighted by atomic mass is 10.2. The first kappa shape index (κ1) is 17.9. The predicted molar refractivity (Wildman–Crippen MR) is 97.5 cm³/mol. The van der Waals surface area contributed by atoms with E-state index in [1.54, 1.807) is 30.3 Å². The van der Waals surface area contributed by atoms with Gasteiger partial charge in [0.05, 0.1) is 18.2 Å². The van der Waals surface area contributed by atoms with Crippen LogP contribution in [0, 0.1) is 11.8 Å². The van der Waals surface area contributed by atoms with Crippen molar-refractivity contribution in [1.29, 1.82) is 0 Å². The summed E-state index contributed by atoms with van der Waals surface area (Å²) in [6.45, 7) is 3.07. The largest absolute Gasteiger partial charge is 0.494 e. The number of hydrogen-bond acceptors (Lipinski definition) is 2. The Labute approximate surface area is 148 Å². The van der Waals surface area contributed by atoms with Crippen molar-refractivity contribution in [1.82, 2.24) is 5.32 Å². The Kier molecular flexibility index (Phi) is 7.20. The van der Waals surface area contributed by atoms with E-state index in [9.17, 15) is 4.79 Å². The molecule has 0 saturated carbocycles. The number of unbranched alkanes of at least 4 members (excludes halogenated alkanes) is 1. The Balaban J connectivity index is 1.84. The first-order chi connectivity index (χ1) is 11.7. The number of carbonyl (C=O) groups is 1. The smallest absolute Gasteiger partial charge is 0.252 e. The second-order valence-electron chi connectivity index (χ2n) is 5.19. The van der Waals surface area contributed by atoms with Crippen LogP contribution in [0.4, 0.5) is 0 Å². The van der Waals surface area contributed by atoms with Gasteiger partial charge in [0, 0.05) is 11.1 Å². The highest BCUT2D eigenvalue weighted by Crippen LogP contribution is 2.13. The van der Waals surface area contributed by atoms with Crippen LogP contribution in [0.1, 0.15) is 35.7 Å². The number of benzene rings is 2. The highest BCUT2D eigenvalue weighted by Gasteiger charge is 2.04. The normalized spacial score (nSPS) is 9.75. The van der Waals surface area contributed by atoms with Gasteiger partial charge >= 0.3 is 0 Å². The Morgan fingerprint density at radius 1 is 1.17 bits per heavy atom. The number of hydrogen-bond donors (Lipinski definition) is 1. The first-order valence-corrected chi connectivity index (χ1v) is 8.33. The van der Waals surface area contributed by atoms with E-state index in [-0.39, 0.29) is 12.5 Å². The Morgan fingerprint density at radius 3 is 2.62 bits per heavy atom. The van der Waals surface area contributed by atoms with Gasteiger partial charge in [-0.25, -0.2) is 0 Å². The van der Waals surface area contributed by atoms with Gasteiger partial charge in [-0.05, 0) is 42.8 Å². The standard InChI is InChI=1S/C20H20ClNO2/c1-2-3-15-24-18-12-10-17(11-13-18)20(23)22-14-6-8-16-7-4-5-9-19(16)21/h4-5,7,9-13H,2-3,14-15H2,1H3,(H,22,23). The fourth-order valence-corrected chi connectivity index (χ4v) is 2.15. The average molecular weight is 342 g/mol. The maximum absolute atomic E-state index is 12.0. The molecular weight excluding hydrogens is 322 g/mol. The molecule has 2 aromatic rings. The van der Waals surface area contributed by atoms with E-state index in [1.807, 2.05) is 18.2 Å². The van der Waals surface area contributed by atoms with Crippen LogP contribution in [-0.4, -0.2) is 19.1 Å². The minimum atomic E-state index is -0.163. The van der Waals surface area contributed by atoms with Crippen molar-refractivity contribution >= 4 is 17.5 Å². The van der Waals surface area contributed by atoms with Crippen molar-refractivity contribution in [3.05, 3.63) is 64.7 Å². The molecule has 0 heterocycles. The van der Waals surface area contributed by atoms with Gasteiger partial charge in [-0.1, -0.05) is 48.9 Å². The molecule has 0 aromatic heterocycles. The summed E-state index contributed by atoms with van der Waals surface area (Å²) in [5.74, 6) is 6.45. The highest BCUT2D eigenvalue weighted by molar-refractivity contribution is 6.31. The molecule has 0 fully saturated rings. The number of ether oxygens (including phenoxy) is 1. The molecule has 2 aromatic carbocycles. The van der Waals surface area contributed by atoms with Crippen LogP contribution < -0.4 is 10.1 Å². The maximum atomic E-state index is 12.0. The lowest BCUT2D eigenvalue weighted by Gasteiger charge is -2.06. The van der Waals surface area contributed by atoms with Crippen LogP contribution in [0.5, 0.6) is 5.75 Å².